The van der Waals surface area contributed by atoms with Crippen LogP contribution in [0.25, 0.3) is 0 Å². The molecule has 1 N–H and O–H groups in total. The Kier molecular flexibility index (Phi) is 6.09. The van der Waals surface area contributed by atoms with E-state index in [1.54, 1.807) is 18.9 Å². The fourth-order valence-corrected chi connectivity index (χ4v) is 2.01. The molecule has 0 aliphatic heterocycles. The van der Waals surface area contributed by atoms with Crippen molar-refractivity contribution in [2.45, 2.75) is 18.9 Å². The van der Waals surface area contributed by atoms with E-state index in [1.807, 2.05) is 0 Å². The Labute approximate surface area is 91.2 Å². The number of hydrogen-bond acceptors (Lipinski definition) is 3. The topological polar surface area (TPSA) is 21.3 Å². The monoisotopic (exact) mass is 213 g/mol. The highest BCUT2D eigenvalue weighted by atomic mass is 32.2. The maximum Gasteiger partial charge on any atom is 0.0618 e. The summed E-state index contributed by atoms with van der Waals surface area (Å²) in [4.78, 5) is 0. The van der Waals surface area contributed by atoms with Crippen molar-refractivity contribution in [2.75, 3.05) is 31.8 Å². The number of hydrogen-bond donors (Lipinski definition) is 1. The predicted molar refractivity (Wildman–Crippen MR) is 62.5 cm³/mol. The van der Waals surface area contributed by atoms with E-state index >= 15 is 0 Å². The van der Waals surface area contributed by atoms with Crippen LogP contribution in [0.3, 0.4) is 0 Å². The van der Waals surface area contributed by atoms with Gasteiger partial charge in [-0.15, -0.1) is 18.2 Å². The molecule has 80 valence electrons. The largest absolute Gasteiger partial charge is 0.383 e. The maximum atomic E-state index is 5.18. The van der Waals surface area contributed by atoms with Crippen LogP contribution in [0.5, 0.6) is 0 Å². The zero-order valence-electron chi connectivity index (χ0n) is 8.79. The van der Waals surface area contributed by atoms with E-state index < -0.39 is 0 Å². The smallest absolute Gasteiger partial charge is 0.0618 e. The molecule has 0 aromatic rings. The van der Waals surface area contributed by atoms with E-state index in [0.717, 1.165) is 30.6 Å². The molecule has 1 rings (SSSR count). The lowest BCUT2D eigenvalue weighted by Crippen LogP contribution is -2.36. The number of nitrogens with one attached hydrogen (secondary N) is 1. The van der Waals surface area contributed by atoms with Crippen molar-refractivity contribution in [1.82, 2.24) is 5.32 Å². The van der Waals surface area contributed by atoms with E-state index in [1.165, 1.54) is 12.8 Å². The number of terminal acetylenes is 1. The molecule has 1 saturated carbocycles. The van der Waals surface area contributed by atoms with Crippen LogP contribution in [0.15, 0.2) is 0 Å². The molecule has 2 nitrogen and oxygen atoms in total. The molecule has 0 aromatic carbocycles. The van der Waals surface area contributed by atoms with Gasteiger partial charge in [-0.3, -0.25) is 0 Å². The van der Waals surface area contributed by atoms with Gasteiger partial charge in [0.25, 0.3) is 0 Å². The molecule has 0 radical (unpaired) electrons. The summed E-state index contributed by atoms with van der Waals surface area (Å²) in [5.74, 6) is 5.39. The molecular formula is C11H19NOS. The summed E-state index contributed by atoms with van der Waals surface area (Å²) in [6.45, 7) is 1.88. The van der Waals surface area contributed by atoms with Gasteiger partial charge in [-0.1, -0.05) is 5.92 Å². The van der Waals surface area contributed by atoms with E-state index in [9.17, 15) is 0 Å². The fourth-order valence-electron chi connectivity index (χ4n) is 1.49. The highest BCUT2D eigenvalue weighted by Crippen LogP contribution is 2.32. The lowest BCUT2D eigenvalue weighted by atomic mass is 10.2. The lowest BCUT2D eigenvalue weighted by Gasteiger charge is -2.16. The van der Waals surface area contributed by atoms with Crippen LogP contribution >= 0.6 is 11.8 Å². The van der Waals surface area contributed by atoms with E-state index in [2.05, 4.69) is 11.2 Å². The van der Waals surface area contributed by atoms with E-state index in [-0.39, 0.29) is 0 Å². The summed E-state index contributed by atoms with van der Waals surface area (Å²) in [6.07, 6.45) is 7.88. The van der Waals surface area contributed by atoms with Crippen molar-refractivity contribution < 1.29 is 4.74 Å². The minimum atomic E-state index is 0.562. The number of rotatable bonds is 8. The summed E-state index contributed by atoms with van der Waals surface area (Å²) >= 11 is 1.81. The third-order valence-electron chi connectivity index (χ3n) is 2.38. The molecule has 1 atom stereocenters. The molecule has 1 aliphatic carbocycles. The van der Waals surface area contributed by atoms with Crippen LogP contribution in [-0.2, 0) is 4.74 Å². The summed E-state index contributed by atoms with van der Waals surface area (Å²) < 4.78 is 5.18. The van der Waals surface area contributed by atoms with Crippen LogP contribution in [0, 0.1) is 18.3 Å². The fraction of sp³-hybridized carbons (Fsp3) is 0.818. The Morgan fingerprint density at radius 1 is 1.64 bits per heavy atom. The highest BCUT2D eigenvalue weighted by Gasteiger charge is 2.30. The van der Waals surface area contributed by atoms with Gasteiger partial charge < -0.3 is 10.1 Å². The second-order valence-electron chi connectivity index (χ2n) is 3.61. The first kappa shape index (κ1) is 11.9. The van der Waals surface area contributed by atoms with Gasteiger partial charge in [0.05, 0.1) is 12.4 Å². The van der Waals surface area contributed by atoms with Crippen molar-refractivity contribution >= 4 is 11.8 Å². The predicted octanol–water partition coefficient (Wildman–Crippen LogP) is 1.37. The van der Waals surface area contributed by atoms with Gasteiger partial charge in [0.15, 0.2) is 0 Å². The third-order valence-corrected chi connectivity index (χ3v) is 3.24. The zero-order valence-corrected chi connectivity index (χ0v) is 9.61. The van der Waals surface area contributed by atoms with Gasteiger partial charge in [-0.25, -0.2) is 0 Å². The number of methoxy groups -OCH3 is 1. The third kappa shape index (κ3) is 4.90. The van der Waals surface area contributed by atoms with Gasteiger partial charge in [-0.05, 0) is 18.8 Å². The van der Waals surface area contributed by atoms with Crippen LogP contribution in [0.1, 0.15) is 12.8 Å². The van der Waals surface area contributed by atoms with Gasteiger partial charge >= 0.3 is 0 Å². The Morgan fingerprint density at radius 3 is 3.00 bits per heavy atom. The van der Waals surface area contributed by atoms with Crippen molar-refractivity contribution in [2.24, 2.45) is 5.92 Å². The summed E-state index contributed by atoms with van der Waals surface area (Å²) in [7, 11) is 1.77. The SMILES string of the molecule is C#CCSCCNC(COC)C1CC1. The van der Waals surface area contributed by atoms with Gasteiger partial charge in [-0.2, -0.15) is 0 Å². The molecule has 0 spiro atoms. The number of ether oxygens (including phenoxy) is 1. The van der Waals surface area contributed by atoms with Crippen molar-refractivity contribution in [3.05, 3.63) is 0 Å². The Morgan fingerprint density at radius 2 is 2.43 bits per heavy atom. The van der Waals surface area contributed by atoms with Crippen LogP contribution in [0.2, 0.25) is 0 Å². The normalized spacial score (nSPS) is 17.7. The molecule has 14 heavy (non-hydrogen) atoms. The standard InChI is InChI=1S/C11H19NOS/c1-3-7-14-8-6-12-11(9-13-2)10-4-5-10/h1,10-12H,4-9H2,2H3. The second-order valence-corrected chi connectivity index (χ2v) is 4.72. The summed E-state index contributed by atoms with van der Waals surface area (Å²) in [5, 5.41) is 3.53. The minimum absolute atomic E-state index is 0.562. The Bertz CT molecular complexity index is 186. The molecule has 1 aliphatic rings. The van der Waals surface area contributed by atoms with Crippen LogP contribution in [0.4, 0.5) is 0 Å². The molecule has 0 aromatic heterocycles. The zero-order chi connectivity index (χ0) is 10.2. The molecule has 0 saturated heterocycles. The quantitative estimate of drug-likeness (QED) is 0.486. The van der Waals surface area contributed by atoms with Gasteiger partial charge in [0.2, 0.25) is 0 Å². The molecule has 1 unspecified atom stereocenters. The average Bonchev–Trinajstić information content (AvgIpc) is 2.99. The maximum absolute atomic E-state index is 5.18. The first-order chi connectivity index (χ1) is 6.88. The molecule has 0 amide bonds. The Balaban J connectivity index is 1.99. The first-order valence-corrected chi connectivity index (χ1v) is 6.27. The van der Waals surface area contributed by atoms with E-state index in [0.29, 0.717) is 6.04 Å². The molecular weight excluding hydrogens is 194 g/mol. The summed E-state index contributed by atoms with van der Waals surface area (Å²) in [6, 6.07) is 0.562. The van der Waals surface area contributed by atoms with Crippen molar-refractivity contribution in [3.63, 3.8) is 0 Å². The van der Waals surface area contributed by atoms with Crippen LogP contribution < -0.4 is 5.32 Å². The molecule has 1 fully saturated rings. The lowest BCUT2D eigenvalue weighted by molar-refractivity contribution is 0.159. The van der Waals surface area contributed by atoms with Crippen LogP contribution in [-0.4, -0.2) is 37.8 Å². The van der Waals surface area contributed by atoms with Gasteiger partial charge in [0, 0.05) is 25.4 Å². The number of thioether (sulfide) groups is 1. The van der Waals surface area contributed by atoms with Crippen molar-refractivity contribution in [1.29, 1.82) is 0 Å². The van der Waals surface area contributed by atoms with Gasteiger partial charge in [0.1, 0.15) is 0 Å². The summed E-state index contributed by atoms with van der Waals surface area (Å²) in [5.41, 5.74) is 0. The molecule has 3 heteroatoms. The molecule has 0 bridgehead atoms. The second kappa shape index (κ2) is 7.17. The van der Waals surface area contributed by atoms with E-state index in [4.69, 9.17) is 11.2 Å². The average molecular weight is 213 g/mol. The highest BCUT2D eigenvalue weighted by molar-refractivity contribution is 7.99. The molecule has 0 heterocycles. The minimum Gasteiger partial charge on any atom is -0.383 e. The van der Waals surface area contributed by atoms with Crippen molar-refractivity contribution in [3.8, 4) is 12.3 Å². The Hall–Kier alpha value is -0.170. The first-order valence-electron chi connectivity index (χ1n) is 5.12.